The molecule has 0 aliphatic carbocycles. The third-order valence-corrected chi connectivity index (χ3v) is 4.57. The standard InChI is InChI=1S/C19H25N3O3/c1-13-12-15-14(18(20-13)25-11-10-21(2)3)6-4-7-16(15)22-9-5-8-17(22)19(23)24/h4,6-7,12,17H,5,8-11H2,1-3H3,(H,23,24). The van der Waals surface area contributed by atoms with Crippen LogP contribution < -0.4 is 9.64 Å². The molecule has 1 aliphatic heterocycles. The molecule has 1 aliphatic rings. The molecular weight excluding hydrogens is 318 g/mol. The number of fused-ring (bicyclic) bond motifs is 1. The number of pyridine rings is 1. The fourth-order valence-corrected chi connectivity index (χ4v) is 3.35. The average Bonchev–Trinajstić information content (AvgIpc) is 3.03. The SMILES string of the molecule is Cc1cc2c(N3CCCC3C(=O)O)cccc2c(OCCN(C)C)n1. The van der Waals surface area contributed by atoms with Gasteiger partial charge >= 0.3 is 5.97 Å². The summed E-state index contributed by atoms with van der Waals surface area (Å²) in [6, 6.07) is 7.48. The van der Waals surface area contributed by atoms with Gasteiger partial charge in [0.1, 0.15) is 12.6 Å². The van der Waals surface area contributed by atoms with Crippen LogP contribution in [-0.4, -0.2) is 60.8 Å². The van der Waals surface area contributed by atoms with Crippen molar-refractivity contribution in [2.45, 2.75) is 25.8 Å². The second-order valence-electron chi connectivity index (χ2n) is 6.78. The Kier molecular flexibility index (Phi) is 5.08. The molecule has 1 aromatic heterocycles. The summed E-state index contributed by atoms with van der Waals surface area (Å²) in [4.78, 5) is 20.2. The minimum absolute atomic E-state index is 0.461. The molecule has 3 rings (SSSR count). The van der Waals surface area contributed by atoms with E-state index in [1.807, 2.05) is 50.2 Å². The summed E-state index contributed by atoms with van der Waals surface area (Å²) in [6.07, 6.45) is 1.57. The molecule has 1 atom stereocenters. The van der Waals surface area contributed by atoms with E-state index >= 15 is 0 Å². The number of likely N-dealkylation sites (N-methyl/N-ethyl adjacent to an activating group) is 1. The van der Waals surface area contributed by atoms with Crippen LogP contribution in [0.3, 0.4) is 0 Å². The number of carboxylic acids is 1. The lowest BCUT2D eigenvalue weighted by Gasteiger charge is -2.25. The maximum Gasteiger partial charge on any atom is 0.326 e. The van der Waals surface area contributed by atoms with Crippen molar-refractivity contribution in [1.29, 1.82) is 0 Å². The second-order valence-corrected chi connectivity index (χ2v) is 6.78. The fourth-order valence-electron chi connectivity index (χ4n) is 3.35. The molecule has 134 valence electrons. The summed E-state index contributed by atoms with van der Waals surface area (Å²) in [5.74, 6) is -0.146. The number of hydrogen-bond donors (Lipinski definition) is 1. The van der Waals surface area contributed by atoms with Crippen molar-refractivity contribution in [2.75, 3.05) is 38.7 Å². The lowest BCUT2D eigenvalue weighted by atomic mass is 10.1. The highest BCUT2D eigenvalue weighted by Crippen LogP contribution is 2.35. The average molecular weight is 343 g/mol. The molecule has 2 aromatic rings. The molecule has 1 aromatic carbocycles. The Labute approximate surface area is 148 Å². The van der Waals surface area contributed by atoms with Gasteiger partial charge in [0.05, 0.1) is 0 Å². The van der Waals surface area contributed by atoms with Crippen molar-refractivity contribution < 1.29 is 14.6 Å². The van der Waals surface area contributed by atoms with E-state index in [4.69, 9.17) is 4.74 Å². The van der Waals surface area contributed by atoms with Gasteiger partial charge in [0.25, 0.3) is 0 Å². The number of ether oxygens (including phenoxy) is 1. The number of carbonyl (C=O) groups is 1. The highest BCUT2D eigenvalue weighted by atomic mass is 16.5. The van der Waals surface area contributed by atoms with E-state index in [1.165, 1.54) is 0 Å². The van der Waals surface area contributed by atoms with Gasteiger partial charge in [-0.2, -0.15) is 0 Å². The fraction of sp³-hybridized carbons (Fsp3) is 0.474. The summed E-state index contributed by atoms with van der Waals surface area (Å²) < 4.78 is 5.92. The molecule has 0 radical (unpaired) electrons. The van der Waals surface area contributed by atoms with Crippen LogP contribution in [0, 0.1) is 6.92 Å². The molecule has 0 bridgehead atoms. The topological polar surface area (TPSA) is 65.9 Å². The van der Waals surface area contributed by atoms with Gasteiger partial charge in [-0.1, -0.05) is 6.07 Å². The zero-order chi connectivity index (χ0) is 18.0. The van der Waals surface area contributed by atoms with Crippen LogP contribution >= 0.6 is 0 Å². The van der Waals surface area contributed by atoms with Gasteiger partial charge in [-0.25, -0.2) is 9.78 Å². The number of anilines is 1. The van der Waals surface area contributed by atoms with Gasteiger partial charge in [-0.15, -0.1) is 0 Å². The Morgan fingerprint density at radius 3 is 2.92 bits per heavy atom. The summed E-state index contributed by atoms with van der Waals surface area (Å²) in [7, 11) is 4.01. The number of benzene rings is 1. The van der Waals surface area contributed by atoms with E-state index < -0.39 is 12.0 Å². The Bertz CT molecular complexity index is 776. The summed E-state index contributed by atoms with van der Waals surface area (Å²) in [5.41, 5.74) is 1.82. The lowest BCUT2D eigenvalue weighted by Crippen LogP contribution is -2.36. The summed E-state index contributed by atoms with van der Waals surface area (Å²) in [6.45, 7) is 4.07. The van der Waals surface area contributed by atoms with Crippen molar-refractivity contribution in [3.05, 3.63) is 30.0 Å². The van der Waals surface area contributed by atoms with E-state index in [1.54, 1.807) is 0 Å². The smallest absolute Gasteiger partial charge is 0.326 e. The predicted octanol–water partition coefficient (Wildman–Crippen LogP) is 2.54. The number of aryl methyl sites for hydroxylation is 1. The molecule has 1 fully saturated rings. The highest BCUT2D eigenvalue weighted by molar-refractivity contribution is 5.98. The summed E-state index contributed by atoms with van der Waals surface area (Å²) >= 11 is 0. The highest BCUT2D eigenvalue weighted by Gasteiger charge is 2.31. The molecule has 0 amide bonds. The van der Waals surface area contributed by atoms with Gasteiger partial charge in [-0.05, 0) is 52.1 Å². The molecule has 2 heterocycles. The monoisotopic (exact) mass is 343 g/mol. The zero-order valence-electron chi connectivity index (χ0n) is 15.0. The van der Waals surface area contributed by atoms with E-state index in [9.17, 15) is 9.90 Å². The third kappa shape index (κ3) is 3.69. The van der Waals surface area contributed by atoms with Gasteiger partial charge < -0.3 is 19.6 Å². The van der Waals surface area contributed by atoms with Crippen LogP contribution in [0.15, 0.2) is 24.3 Å². The Morgan fingerprint density at radius 1 is 1.40 bits per heavy atom. The number of aliphatic carboxylic acids is 1. The first-order chi connectivity index (χ1) is 12.0. The molecule has 25 heavy (non-hydrogen) atoms. The second kappa shape index (κ2) is 7.27. The van der Waals surface area contributed by atoms with Crippen LogP contribution in [0.2, 0.25) is 0 Å². The van der Waals surface area contributed by atoms with Gasteiger partial charge in [0.2, 0.25) is 5.88 Å². The first kappa shape index (κ1) is 17.5. The Morgan fingerprint density at radius 2 is 2.20 bits per heavy atom. The van der Waals surface area contributed by atoms with E-state index in [2.05, 4.69) is 9.88 Å². The molecule has 0 spiro atoms. The van der Waals surface area contributed by atoms with Crippen LogP contribution in [0.25, 0.3) is 10.8 Å². The number of rotatable bonds is 6. The Hall–Kier alpha value is -2.34. The number of nitrogens with zero attached hydrogens (tertiary/aromatic N) is 3. The quantitative estimate of drug-likeness (QED) is 0.869. The minimum atomic E-state index is -0.761. The van der Waals surface area contributed by atoms with Crippen LogP contribution in [-0.2, 0) is 4.79 Å². The number of hydrogen-bond acceptors (Lipinski definition) is 5. The normalized spacial score (nSPS) is 17.4. The predicted molar refractivity (Wildman–Crippen MR) is 98.5 cm³/mol. The number of carboxylic acid groups (broad SMARTS) is 1. The van der Waals surface area contributed by atoms with Crippen LogP contribution in [0.5, 0.6) is 5.88 Å². The van der Waals surface area contributed by atoms with E-state index in [-0.39, 0.29) is 0 Å². The molecule has 1 N–H and O–H groups in total. The summed E-state index contributed by atoms with van der Waals surface area (Å²) in [5, 5.41) is 11.4. The maximum atomic E-state index is 11.6. The third-order valence-electron chi connectivity index (χ3n) is 4.57. The first-order valence-corrected chi connectivity index (χ1v) is 8.64. The van der Waals surface area contributed by atoms with E-state index in [0.29, 0.717) is 18.9 Å². The molecule has 6 heteroatoms. The Balaban J connectivity index is 2.01. The van der Waals surface area contributed by atoms with Crippen molar-refractivity contribution in [2.24, 2.45) is 0 Å². The van der Waals surface area contributed by atoms with Crippen molar-refractivity contribution >= 4 is 22.4 Å². The molecular formula is C19H25N3O3. The molecule has 1 unspecified atom stereocenters. The van der Waals surface area contributed by atoms with Crippen molar-refractivity contribution in [3.63, 3.8) is 0 Å². The van der Waals surface area contributed by atoms with Gasteiger partial charge in [0, 0.05) is 35.2 Å². The van der Waals surface area contributed by atoms with Gasteiger partial charge in [0.15, 0.2) is 0 Å². The molecule has 1 saturated heterocycles. The molecule has 6 nitrogen and oxygen atoms in total. The number of aromatic nitrogens is 1. The zero-order valence-corrected chi connectivity index (χ0v) is 15.0. The first-order valence-electron chi connectivity index (χ1n) is 8.64. The van der Waals surface area contributed by atoms with Gasteiger partial charge in [-0.3, -0.25) is 0 Å². The largest absolute Gasteiger partial charge is 0.480 e. The van der Waals surface area contributed by atoms with Crippen molar-refractivity contribution in [1.82, 2.24) is 9.88 Å². The maximum absolute atomic E-state index is 11.6. The van der Waals surface area contributed by atoms with Crippen LogP contribution in [0.1, 0.15) is 18.5 Å². The van der Waals surface area contributed by atoms with Crippen LogP contribution in [0.4, 0.5) is 5.69 Å². The minimum Gasteiger partial charge on any atom is -0.480 e. The lowest BCUT2D eigenvalue weighted by molar-refractivity contribution is -0.138. The van der Waals surface area contributed by atoms with Crippen molar-refractivity contribution in [3.8, 4) is 5.88 Å². The molecule has 0 saturated carbocycles. The van der Waals surface area contributed by atoms with E-state index in [0.717, 1.165) is 41.7 Å².